The SMILES string of the molecule is CCC[S@@](=O)c1c(C(F)(F)Cl)ccc(C(=O)O)c1CC. The minimum atomic E-state index is -3.68. The molecular formula is C13H15ClF2O3S. The van der Waals surface area contributed by atoms with Crippen LogP contribution in [0.3, 0.4) is 0 Å². The fourth-order valence-electron chi connectivity index (χ4n) is 1.95. The van der Waals surface area contributed by atoms with E-state index in [1.54, 1.807) is 13.8 Å². The quantitative estimate of drug-likeness (QED) is 0.811. The summed E-state index contributed by atoms with van der Waals surface area (Å²) in [5, 5.41) is 5.43. The number of hydrogen-bond acceptors (Lipinski definition) is 2. The number of carboxylic acids is 1. The molecule has 0 aliphatic rings. The highest BCUT2D eigenvalue weighted by molar-refractivity contribution is 7.85. The Morgan fingerprint density at radius 3 is 2.40 bits per heavy atom. The zero-order valence-electron chi connectivity index (χ0n) is 11.1. The van der Waals surface area contributed by atoms with Crippen LogP contribution in [0.2, 0.25) is 0 Å². The van der Waals surface area contributed by atoms with Crippen LogP contribution in [0.5, 0.6) is 0 Å². The molecule has 112 valence electrons. The molecule has 1 aromatic rings. The van der Waals surface area contributed by atoms with Gasteiger partial charge in [0.25, 0.3) is 0 Å². The van der Waals surface area contributed by atoms with Gasteiger partial charge in [0.15, 0.2) is 0 Å². The molecule has 0 spiro atoms. The highest BCUT2D eigenvalue weighted by atomic mass is 35.5. The highest BCUT2D eigenvalue weighted by Gasteiger charge is 2.35. The first-order chi connectivity index (χ1) is 9.23. The van der Waals surface area contributed by atoms with Crippen molar-refractivity contribution in [3.63, 3.8) is 0 Å². The summed E-state index contributed by atoms with van der Waals surface area (Å²) in [6.45, 7) is 3.40. The van der Waals surface area contributed by atoms with Crippen molar-refractivity contribution in [3.05, 3.63) is 28.8 Å². The minimum Gasteiger partial charge on any atom is -0.478 e. The number of carbonyl (C=O) groups is 1. The lowest BCUT2D eigenvalue weighted by molar-refractivity contribution is 0.0692. The van der Waals surface area contributed by atoms with E-state index in [2.05, 4.69) is 0 Å². The third-order valence-corrected chi connectivity index (χ3v) is 4.67. The summed E-state index contributed by atoms with van der Waals surface area (Å²) < 4.78 is 39.1. The van der Waals surface area contributed by atoms with Gasteiger partial charge in [0.2, 0.25) is 0 Å². The molecule has 0 aliphatic carbocycles. The van der Waals surface area contributed by atoms with Crippen LogP contribution in [0.25, 0.3) is 0 Å². The van der Waals surface area contributed by atoms with E-state index >= 15 is 0 Å². The van der Waals surface area contributed by atoms with Gasteiger partial charge < -0.3 is 5.11 Å². The van der Waals surface area contributed by atoms with Crippen molar-refractivity contribution in [2.45, 2.75) is 37.0 Å². The van der Waals surface area contributed by atoms with Gasteiger partial charge in [-0.1, -0.05) is 13.8 Å². The Morgan fingerprint density at radius 2 is 2.00 bits per heavy atom. The number of carboxylic acid groups (broad SMARTS) is 1. The van der Waals surface area contributed by atoms with Gasteiger partial charge in [-0.05, 0) is 42.1 Å². The fraction of sp³-hybridized carbons (Fsp3) is 0.462. The van der Waals surface area contributed by atoms with Crippen molar-refractivity contribution < 1.29 is 22.9 Å². The van der Waals surface area contributed by atoms with E-state index in [1.807, 2.05) is 0 Å². The average Bonchev–Trinajstić information content (AvgIpc) is 2.35. The first-order valence-electron chi connectivity index (χ1n) is 6.08. The maximum atomic E-state index is 13.4. The molecule has 0 aliphatic heterocycles. The molecule has 0 heterocycles. The molecular weight excluding hydrogens is 310 g/mol. The van der Waals surface area contributed by atoms with E-state index in [0.717, 1.165) is 12.1 Å². The van der Waals surface area contributed by atoms with Gasteiger partial charge in [-0.2, -0.15) is 8.78 Å². The molecule has 1 aromatic carbocycles. The second kappa shape index (κ2) is 6.63. The number of halogens is 3. The van der Waals surface area contributed by atoms with Crippen molar-refractivity contribution in [3.8, 4) is 0 Å². The van der Waals surface area contributed by atoms with E-state index in [1.165, 1.54) is 0 Å². The van der Waals surface area contributed by atoms with Gasteiger partial charge in [-0.25, -0.2) is 4.79 Å². The number of aromatic carboxylic acids is 1. The topological polar surface area (TPSA) is 54.4 Å². The van der Waals surface area contributed by atoms with E-state index in [0.29, 0.717) is 6.42 Å². The van der Waals surface area contributed by atoms with Crippen LogP contribution in [0, 0.1) is 0 Å². The Labute approximate surface area is 123 Å². The monoisotopic (exact) mass is 324 g/mol. The molecule has 7 heteroatoms. The number of benzene rings is 1. The van der Waals surface area contributed by atoms with Crippen molar-refractivity contribution >= 4 is 28.4 Å². The third kappa shape index (κ3) is 3.55. The average molecular weight is 325 g/mol. The molecule has 0 unspecified atom stereocenters. The zero-order valence-corrected chi connectivity index (χ0v) is 12.7. The number of rotatable bonds is 6. The maximum Gasteiger partial charge on any atom is 0.349 e. The van der Waals surface area contributed by atoms with Crippen LogP contribution in [-0.2, 0) is 22.6 Å². The molecule has 0 radical (unpaired) electrons. The molecule has 0 aromatic heterocycles. The van der Waals surface area contributed by atoms with E-state index in [4.69, 9.17) is 16.7 Å². The summed E-state index contributed by atoms with van der Waals surface area (Å²) in [7, 11) is -1.71. The predicted octanol–water partition coefficient (Wildman–Crippen LogP) is 3.75. The normalized spacial score (nSPS) is 13.2. The third-order valence-electron chi connectivity index (χ3n) is 2.77. The Balaban J connectivity index is 3.64. The smallest absolute Gasteiger partial charge is 0.349 e. The Morgan fingerprint density at radius 1 is 1.40 bits per heavy atom. The van der Waals surface area contributed by atoms with E-state index < -0.39 is 27.7 Å². The summed E-state index contributed by atoms with van der Waals surface area (Å²) in [6.07, 6.45) is 0.716. The summed E-state index contributed by atoms with van der Waals surface area (Å²) in [4.78, 5) is 11.0. The van der Waals surface area contributed by atoms with Crippen molar-refractivity contribution in [2.75, 3.05) is 5.75 Å². The number of alkyl halides is 3. The Bertz CT molecular complexity index is 541. The first kappa shape index (κ1) is 17.0. The molecule has 20 heavy (non-hydrogen) atoms. The molecule has 0 fully saturated rings. The Hall–Kier alpha value is -1.01. The molecule has 3 nitrogen and oxygen atoms in total. The predicted molar refractivity (Wildman–Crippen MR) is 74.1 cm³/mol. The second-order valence-electron chi connectivity index (χ2n) is 4.17. The molecule has 1 N–H and O–H groups in total. The van der Waals surface area contributed by atoms with Crippen LogP contribution in [0.1, 0.15) is 41.8 Å². The summed E-state index contributed by atoms with van der Waals surface area (Å²) >= 11 is 5.05. The van der Waals surface area contributed by atoms with Crippen molar-refractivity contribution in [1.82, 2.24) is 0 Å². The van der Waals surface area contributed by atoms with Gasteiger partial charge in [-0.15, -0.1) is 0 Å². The van der Waals surface area contributed by atoms with Crippen LogP contribution in [0.4, 0.5) is 8.78 Å². The van der Waals surface area contributed by atoms with E-state index in [-0.39, 0.29) is 28.2 Å². The van der Waals surface area contributed by atoms with Crippen LogP contribution in [0.15, 0.2) is 17.0 Å². The van der Waals surface area contributed by atoms with Gasteiger partial charge in [0, 0.05) is 5.75 Å². The minimum absolute atomic E-state index is 0.114. The van der Waals surface area contributed by atoms with Crippen molar-refractivity contribution in [1.29, 1.82) is 0 Å². The lowest BCUT2D eigenvalue weighted by Gasteiger charge is -2.18. The van der Waals surface area contributed by atoms with Crippen molar-refractivity contribution in [2.24, 2.45) is 0 Å². The van der Waals surface area contributed by atoms with Gasteiger partial charge in [0.1, 0.15) is 0 Å². The fourth-order valence-corrected chi connectivity index (χ4v) is 3.71. The molecule has 1 atom stereocenters. The summed E-state index contributed by atoms with van der Waals surface area (Å²) in [5.41, 5.74) is -0.536. The Kier molecular flexibility index (Phi) is 5.65. The van der Waals surface area contributed by atoms with Crippen LogP contribution in [-0.4, -0.2) is 21.0 Å². The van der Waals surface area contributed by atoms with E-state index in [9.17, 15) is 17.8 Å². The highest BCUT2D eigenvalue weighted by Crippen LogP contribution is 2.38. The maximum absolute atomic E-state index is 13.4. The molecule has 0 saturated heterocycles. The molecule has 0 amide bonds. The standard InChI is InChI=1S/C13H15ClF2O3S/c1-3-7-20(19)11-8(4-2)9(12(17)18)5-6-10(11)13(14,15)16/h5-6H,3-4,7H2,1-2H3,(H,17,18)/t20-/m1/s1. The van der Waals surface area contributed by atoms with Gasteiger partial charge in [-0.3, -0.25) is 4.21 Å². The molecule has 0 bridgehead atoms. The van der Waals surface area contributed by atoms with Gasteiger partial charge in [0.05, 0.1) is 26.8 Å². The summed E-state index contributed by atoms with van der Waals surface area (Å²) in [6, 6.07) is 2.03. The first-order valence-corrected chi connectivity index (χ1v) is 7.78. The largest absolute Gasteiger partial charge is 0.478 e. The van der Waals surface area contributed by atoms with Crippen LogP contribution >= 0.6 is 11.6 Å². The number of hydrogen-bond donors (Lipinski definition) is 1. The van der Waals surface area contributed by atoms with Crippen LogP contribution < -0.4 is 0 Å². The lowest BCUT2D eigenvalue weighted by Crippen LogP contribution is -2.16. The van der Waals surface area contributed by atoms with Gasteiger partial charge >= 0.3 is 11.4 Å². The lowest BCUT2D eigenvalue weighted by atomic mass is 10.0. The molecule has 1 rings (SSSR count). The molecule has 0 saturated carbocycles. The second-order valence-corrected chi connectivity index (χ2v) is 6.16. The summed E-state index contributed by atoms with van der Waals surface area (Å²) in [5.74, 6) is -1.06. The zero-order chi connectivity index (χ0) is 15.5.